The topological polar surface area (TPSA) is 77.8 Å². The van der Waals surface area contributed by atoms with Crippen molar-refractivity contribution < 1.29 is 4.79 Å². The number of hydrogen-bond donors (Lipinski definition) is 3. The summed E-state index contributed by atoms with van der Waals surface area (Å²) in [6.45, 7) is 0.370. The summed E-state index contributed by atoms with van der Waals surface area (Å²) in [7, 11) is 0. The van der Waals surface area contributed by atoms with Gasteiger partial charge in [0.2, 0.25) is 0 Å². The molecule has 0 saturated heterocycles. The average molecular weight is 302 g/mol. The molecule has 0 aliphatic rings. The van der Waals surface area contributed by atoms with E-state index in [1.54, 1.807) is 30.3 Å². The van der Waals surface area contributed by atoms with Crippen molar-refractivity contribution in [3.8, 4) is 0 Å². The number of aromatic amines is 2. The Labute approximate surface area is 125 Å². The van der Waals surface area contributed by atoms with E-state index in [9.17, 15) is 9.59 Å². The molecule has 0 fully saturated rings. The highest BCUT2D eigenvalue weighted by atomic mass is 35.5. The lowest BCUT2D eigenvalue weighted by Gasteiger charge is -2.06. The van der Waals surface area contributed by atoms with Crippen molar-refractivity contribution in [3.05, 3.63) is 69.1 Å². The number of imidazole rings is 1. The minimum atomic E-state index is -0.245. The molecule has 1 heterocycles. The van der Waals surface area contributed by atoms with Crippen LogP contribution < -0.4 is 11.0 Å². The van der Waals surface area contributed by atoms with Gasteiger partial charge in [0.25, 0.3) is 5.91 Å². The van der Waals surface area contributed by atoms with Crippen molar-refractivity contribution in [2.45, 2.75) is 6.54 Å². The van der Waals surface area contributed by atoms with Gasteiger partial charge in [0, 0.05) is 17.1 Å². The van der Waals surface area contributed by atoms with Gasteiger partial charge in [-0.1, -0.05) is 23.7 Å². The fraction of sp³-hybridized carbons (Fsp3) is 0.0667. The second-order valence-electron chi connectivity index (χ2n) is 4.65. The van der Waals surface area contributed by atoms with Crippen molar-refractivity contribution in [2.75, 3.05) is 0 Å². The number of carbonyl (C=O) groups excluding carboxylic acids is 1. The summed E-state index contributed by atoms with van der Waals surface area (Å²) in [4.78, 5) is 28.5. The van der Waals surface area contributed by atoms with Gasteiger partial charge in [0.15, 0.2) is 0 Å². The molecule has 21 heavy (non-hydrogen) atoms. The van der Waals surface area contributed by atoms with Crippen molar-refractivity contribution in [1.82, 2.24) is 15.3 Å². The van der Waals surface area contributed by atoms with Gasteiger partial charge in [0.1, 0.15) is 0 Å². The zero-order valence-electron chi connectivity index (χ0n) is 10.9. The van der Waals surface area contributed by atoms with E-state index in [0.29, 0.717) is 17.1 Å². The maximum Gasteiger partial charge on any atom is 0.323 e. The number of H-pyrrole nitrogens is 2. The van der Waals surface area contributed by atoms with Gasteiger partial charge in [-0.3, -0.25) is 4.79 Å². The molecular weight excluding hydrogens is 290 g/mol. The zero-order chi connectivity index (χ0) is 14.8. The Kier molecular flexibility index (Phi) is 3.50. The monoisotopic (exact) mass is 301 g/mol. The number of fused-ring (bicyclic) bond motifs is 1. The number of rotatable bonds is 3. The molecule has 0 bridgehead atoms. The highest BCUT2D eigenvalue weighted by molar-refractivity contribution is 6.30. The molecule has 0 aliphatic heterocycles. The van der Waals surface area contributed by atoms with Crippen molar-refractivity contribution in [1.29, 1.82) is 0 Å². The predicted molar refractivity (Wildman–Crippen MR) is 81.5 cm³/mol. The van der Waals surface area contributed by atoms with Gasteiger partial charge < -0.3 is 15.3 Å². The van der Waals surface area contributed by atoms with E-state index < -0.39 is 0 Å². The van der Waals surface area contributed by atoms with Gasteiger partial charge in [-0.25, -0.2) is 4.79 Å². The molecule has 3 N–H and O–H groups in total. The molecule has 5 nitrogen and oxygen atoms in total. The first-order valence-electron chi connectivity index (χ1n) is 6.36. The summed E-state index contributed by atoms with van der Waals surface area (Å²) >= 11 is 5.86. The summed E-state index contributed by atoms with van der Waals surface area (Å²) in [6.07, 6.45) is 0. The molecular formula is C15H12ClN3O2. The SMILES string of the molecule is O=C(NCc1ccc2[nH]c(=O)[nH]c2c1)c1cccc(Cl)c1. The van der Waals surface area contributed by atoms with Crippen LogP contribution in [0.1, 0.15) is 15.9 Å². The minimum Gasteiger partial charge on any atom is -0.348 e. The fourth-order valence-corrected chi connectivity index (χ4v) is 2.29. The molecule has 1 amide bonds. The van der Waals surface area contributed by atoms with Crippen LogP contribution in [0.15, 0.2) is 47.3 Å². The van der Waals surface area contributed by atoms with Crippen LogP contribution in [0.4, 0.5) is 0 Å². The molecule has 3 aromatic rings. The summed E-state index contributed by atoms with van der Waals surface area (Å²) in [5, 5.41) is 3.34. The summed E-state index contributed by atoms with van der Waals surface area (Å²) in [5.41, 5.74) is 2.62. The smallest absolute Gasteiger partial charge is 0.323 e. The van der Waals surface area contributed by atoms with E-state index in [1.165, 1.54) is 0 Å². The van der Waals surface area contributed by atoms with E-state index >= 15 is 0 Å². The first-order chi connectivity index (χ1) is 10.1. The molecule has 0 saturated carbocycles. The summed E-state index contributed by atoms with van der Waals surface area (Å²) in [6, 6.07) is 12.2. The quantitative estimate of drug-likeness (QED) is 0.695. The molecule has 3 rings (SSSR count). The van der Waals surface area contributed by atoms with Gasteiger partial charge in [-0.15, -0.1) is 0 Å². The maximum atomic E-state index is 12.0. The third kappa shape index (κ3) is 2.98. The third-order valence-corrected chi connectivity index (χ3v) is 3.36. The highest BCUT2D eigenvalue weighted by Gasteiger charge is 2.06. The zero-order valence-corrected chi connectivity index (χ0v) is 11.7. The fourth-order valence-electron chi connectivity index (χ4n) is 2.10. The maximum absolute atomic E-state index is 12.0. The molecule has 1 aromatic heterocycles. The highest BCUT2D eigenvalue weighted by Crippen LogP contribution is 2.12. The first kappa shape index (κ1) is 13.5. The Morgan fingerprint density at radius 1 is 1.10 bits per heavy atom. The second-order valence-corrected chi connectivity index (χ2v) is 5.09. The van der Waals surface area contributed by atoms with E-state index in [4.69, 9.17) is 11.6 Å². The van der Waals surface area contributed by atoms with Crippen LogP contribution >= 0.6 is 11.6 Å². The van der Waals surface area contributed by atoms with E-state index in [0.717, 1.165) is 16.6 Å². The van der Waals surface area contributed by atoms with Crippen LogP contribution in [0.2, 0.25) is 5.02 Å². The van der Waals surface area contributed by atoms with Gasteiger partial charge >= 0.3 is 5.69 Å². The lowest BCUT2D eigenvalue weighted by atomic mass is 10.2. The molecule has 6 heteroatoms. The van der Waals surface area contributed by atoms with Crippen molar-refractivity contribution in [3.63, 3.8) is 0 Å². The number of carbonyl (C=O) groups is 1. The van der Waals surface area contributed by atoms with Gasteiger partial charge in [-0.2, -0.15) is 0 Å². The average Bonchev–Trinajstić information content (AvgIpc) is 2.84. The minimum absolute atomic E-state index is 0.194. The van der Waals surface area contributed by atoms with Crippen molar-refractivity contribution >= 4 is 28.5 Å². The number of aromatic nitrogens is 2. The van der Waals surface area contributed by atoms with Crippen LogP contribution in [0.25, 0.3) is 11.0 Å². The lowest BCUT2D eigenvalue weighted by Crippen LogP contribution is -2.22. The van der Waals surface area contributed by atoms with Crippen molar-refractivity contribution in [2.24, 2.45) is 0 Å². The number of hydrogen-bond acceptors (Lipinski definition) is 2. The van der Waals surface area contributed by atoms with Crippen LogP contribution in [0, 0.1) is 0 Å². The number of halogens is 1. The molecule has 0 aliphatic carbocycles. The normalized spacial score (nSPS) is 10.7. The van der Waals surface area contributed by atoms with Crippen LogP contribution in [-0.4, -0.2) is 15.9 Å². The van der Waals surface area contributed by atoms with Crippen LogP contribution in [0.3, 0.4) is 0 Å². The molecule has 0 atom stereocenters. The Morgan fingerprint density at radius 3 is 2.71 bits per heavy atom. The molecule has 2 aromatic carbocycles. The Bertz CT molecular complexity index is 866. The molecule has 0 spiro atoms. The van der Waals surface area contributed by atoms with E-state index in [-0.39, 0.29) is 11.6 Å². The van der Waals surface area contributed by atoms with Gasteiger partial charge in [0.05, 0.1) is 11.0 Å². The molecule has 0 unspecified atom stereocenters. The predicted octanol–water partition coefficient (Wildman–Crippen LogP) is 2.44. The largest absolute Gasteiger partial charge is 0.348 e. The van der Waals surface area contributed by atoms with Crippen LogP contribution in [-0.2, 0) is 6.54 Å². The van der Waals surface area contributed by atoms with E-state index in [2.05, 4.69) is 15.3 Å². The van der Waals surface area contributed by atoms with Gasteiger partial charge in [-0.05, 0) is 35.9 Å². The second kappa shape index (κ2) is 5.46. The first-order valence-corrected chi connectivity index (χ1v) is 6.74. The number of nitrogens with one attached hydrogen (secondary N) is 3. The summed E-state index contributed by atoms with van der Waals surface area (Å²) in [5.74, 6) is -0.194. The number of amides is 1. The Hall–Kier alpha value is -2.53. The van der Waals surface area contributed by atoms with E-state index in [1.807, 2.05) is 12.1 Å². The Morgan fingerprint density at radius 2 is 1.90 bits per heavy atom. The molecule has 0 radical (unpaired) electrons. The standard InChI is InChI=1S/C15H12ClN3O2/c16-11-3-1-2-10(7-11)14(20)17-8-9-4-5-12-13(6-9)19-15(21)18-12/h1-7H,8H2,(H,17,20)(H2,18,19,21). The Balaban J connectivity index is 1.73. The number of benzene rings is 2. The van der Waals surface area contributed by atoms with Crippen LogP contribution in [0.5, 0.6) is 0 Å². The lowest BCUT2D eigenvalue weighted by molar-refractivity contribution is 0.0951. The molecule has 106 valence electrons. The third-order valence-electron chi connectivity index (χ3n) is 3.12. The summed E-state index contributed by atoms with van der Waals surface area (Å²) < 4.78 is 0.